The van der Waals surface area contributed by atoms with Crippen molar-refractivity contribution in [3.63, 3.8) is 0 Å². The third kappa shape index (κ3) is 6.21. The molecule has 6 nitrogen and oxygen atoms in total. The summed E-state index contributed by atoms with van der Waals surface area (Å²) < 4.78 is 27.8. The van der Waals surface area contributed by atoms with E-state index in [2.05, 4.69) is 0 Å². The highest BCUT2D eigenvalue weighted by Gasteiger charge is 2.56. The number of piperidine rings is 1. The molecule has 10 heteroatoms. The molecule has 1 aliphatic carbocycles. The van der Waals surface area contributed by atoms with E-state index in [0.29, 0.717) is 10.0 Å². The summed E-state index contributed by atoms with van der Waals surface area (Å²) in [6.07, 6.45) is 1.72. The first-order valence-electron chi connectivity index (χ1n) is 14.0. The van der Waals surface area contributed by atoms with E-state index in [9.17, 15) is 23.1 Å². The topological polar surface area (TPSA) is 91.8 Å². The number of likely N-dealkylation sites (tertiary alicyclic amines) is 1. The van der Waals surface area contributed by atoms with Gasteiger partial charge in [0.05, 0.1) is 33.5 Å². The van der Waals surface area contributed by atoms with Gasteiger partial charge in [-0.15, -0.1) is 0 Å². The number of carboxylic acids is 1. The van der Waals surface area contributed by atoms with Gasteiger partial charge in [-0.1, -0.05) is 78.1 Å². The molecule has 0 aromatic heterocycles. The van der Waals surface area contributed by atoms with Gasteiger partial charge in [0.25, 0.3) is 0 Å². The predicted molar refractivity (Wildman–Crippen MR) is 165 cm³/mol. The number of rotatable bonds is 10. The van der Waals surface area contributed by atoms with Gasteiger partial charge in [-0.3, -0.25) is 9.59 Å². The average Bonchev–Trinajstić information content (AvgIpc) is 3.79. The van der Waals surface area contributed by atoms with Gasteiger partial charge in [-0.25, -0.2) is 8.42 Å². The second-order valence-electron chi connectivity index (χ2n) is 11.4. The zero-order valence-corrected chi connectivity index (χ0v) is 26.1. The lowest BCUT2D eigenvalue weighted by molar-refractivity contribution is -0.162. The molecule has 5 rings (SSSR count). The minimum atomic E-state index is -3.92. The Morgan fingerprint density at radius 3 is 2.26 bits per heavy atom. The van der Waals surface area contributed by atoms with Crippen LogP contribution in [0.5, 0.6) is 0 Å². The predicted octanol–water partition coefficient (Wildman–Crippen LogP) is 7.83. The molecule has 4 atom stereocenters. The van der Waals surface area contributed by atoms with Gasteiger partial charge in [0.15, 0.2) is 9.84 Å². The SMILES string of the molecule is CCC1(CC(=O)O)CC(c2cccc(Cl)c2)C(c2ccc(Cl)cc2)N(C(CS(=O)(=O)c2ccccc2Cl)C2CC2)C1=O. The molecular formula is C32H32Cl3NO5S. The monoisotopic (exact) mass is 647 g/mol. The van der Waals surface area contributed by atoms with Crippen LogP contribution < -0.4 is 0 Å². The van der Waals surface area contributed by atoms with Crippen molar-refractivity contribution in [2.45, 2.75) is 61.9 Å². The quantitative estimate of drug-likeness (QED) is 0.242. The molecule has 2 fully saturated rings. The molecule has 1 saturated heterocycles. The number of aliphatic carboxylic acids is 1. The van der Waals surface area contributed by atoms with Crippen molar-refractivity contribution in [3.8, 4) is 0 Å². The molecule has 1 aliphatic heterocycles. The number of halogens is 3. The van der Waals surface area contributed by atoms with Crippen LogP contribution >= 0.6 is 34.8 Å². The van der Waals surface area contributed by atoms with Gasteiger partial charge in [0, 0.05) is 22.0 Å². The number of carbonyl (C=O) groups is 2. The van der Waals surface area contributed by atoms with Crippen molar-refractivity contribution in [2.24, 2.45) is 11.3 Å². The van der Waals surface area contributed by atoms with Crippen LogP contribution in [-0.2, 0) is 19.4 Å². The molecule has 0 radical (unpaired) electrons. The maximum atomic E-state index is 14.8. The van der Waals surface area contributed by atoms with Gasteiger partial charge in [0.2, 0.25) is 5.91 Å². The third-order valence-electron chi connectivity index (χ3n) is 8.72. The minimum absolute atomic E-state index is 0.0171. The van der Waals surface area contributed by atoms with E-state index in [4.69, 9.17) is 34.8 Å². The molecule has 1 heterocycles. The van der Waals surface area contributed by atoms with Crippen molar-refractivity contribution in [1.82, 2.24) is 4.90 Å². The van der Waals surface area contributed by atoms with Crippen LogP contribution in [0.25, 0.3) is 0 Å². The largest absolute Gasteiger partial charge is 0.481 e. The first-order chi connectivity index (χ1) is 20.0. The number of carbonyl (C=O) groups excluding carboxylic acids is 1. The maximum Gasteiger partial charge on any atom is 0.304 e. The summed E-state index contributed by atoms with van der Waals surface area (Å²) in [5, 5.41) is 11.2. The zero-order valence-electron chi connectivity index (χ0n) is 23.0. The number of sulfone groups is 1. The lowest BCUT2D eigenvalue weighted by Crippen LogP contribution is -2.58. The molecule has 3 aromatic carbocycles. The van der Waals surface area contributed by atoms with Crippen LogP contribution in [0.2, 0.25) is 15.1 Å². The number of benzene rings is 3. The summed E-state index contributed by atoms with van der Waals surface area (Å²) in [6, 6.07) is 19.6. The second kappa shape index (κ2) is 12.2. The first kappa shape index (κ1) is 30.9. The summed E-state index contributed by atoms with van der Waals surface area (Å²) >= 11 is 19.0. The Hall–Kier alpha value is -2.58. The van der Waals surface area contributed by atoms with Crippen molar-refractivity contribution in [1.29, 1.82) is 0 Å². The average molecular weight is 649 g/mol. The van der Waals surface area contributed by atoms with Crippen LogP contribution in [0.3, 0.4) is 0 Å². The lowest BCUT2D eigenvalue weighted by Gasteiger charge is -2.53. The molecule has 0 spiro atoms. The van der Waals surface area contributed by atoms with Gasteiger partial charge in [-0.05, 0) is 79.1 Å². The fraction of sp³-hybridized carbons (Fsp3) is 0.375. The molecular weight excluding hydrogens is 617 g/mol. The normalized spacial score (nSPS) is 23.5. The van der Waals surface area contributed by atoms with Gasteiger partial charge < -0.3 is 10.0 Å². The van der Waals surface area contributed by atoms with Gasteiger partial charge >= 0.3 is 5.97 Å². The number of amides is 1. The lowest BCUT2D eigenvalue weighted by atomic mass is 9.65. The minimum Gasteiger partial charge on any atom is -0.481 e. The number of carboxylic acid groups (broad SMARTS) is 1. The van der Waals surface area contributed by atoms with Crippen LogP contribution in [-0.4, -0.2) is 42.1 Å². The standard InChI is InChI=1S/C32H32Cl3NO5S/c1-2-32(18-29(37)38)17-25(22-6-5-7-24(34)16-22)30(21-12-14-23(33)15-13-21)36(31(32)39)27(20-10-11-20)19-42(40,41)28-9-4-3-8-26(28)35/h3-9,12-16,20,25,27,30H,2,10-11,17-19H2,1H3,(H,37,38). The highest BCUT2D eigenvalue weighted by Crippen LogP contribution is 2.55. The molecule has 1 amide bonds. The smallest absolute Gasteiger partial charge is 0.304 e. The fourth-order valence-electron chi connectivity index (χ4n) is 6.45. The van der Waals surface area contributed by atoms with E-state index in [1.807, 2.05) is 37.3 Å². The Balaban J connectivity index is 1.72. The van der Waals surface area contributed by atoms with Crippen molar-refractivity contribution in [3.05, 3.63) is 99.0 Å². The van der Waals surface area contributed by atoms with Gasteiger partial charge in [0.1, 0.15) is 0 Å². The van der Waals surface area contributed by atoms with Crippen molar-refractivity contribution < 1.29 is 23.1 Å². The van der Waals surface area contributed by atoms with Crippen LogP contribution in [0.1, 0.15) is 62.1 Å². The second-order valence-corrected chi connectivity index (χ2v) is 14.7. The Bertz CT molecular complexity index is 1590. The summed E-state index contributed by atoms with van der Waals surface area (Å²) in [4.78, 5) is 28.7. The molecule has 1 N–H and O–H groups in total. The number of hydrogen-bond donors (Lipinski definition) is 1. The van der Waals surface area contributed by atoms with Crippen LogP contribution in [0.4, 0.5) is 0 Å². The Kier molecular flexibility index (Phi) is 8.96. The van der Waals surface area contributed by atoms with Crippen LogP contribution in [0.15, 0.2) is 77.7 Å². The fourth-order valence-corrected chi connectivity index (χ4v) is 8.98. The Morgan fingerprint density at radius 1 is 0.976 bits per heavy atom. The molecule has 222 valence electrons. The summed E-state index contributed by atoms with van der Waals surface area (Å²) in [5.41, 5.74) is 0.411. The summed E-state index contributed by atoms with van der Waals surface area (Å²) in [7, 11) is -3.92. The molecule has 3 aromatic rings. The summed E-state index contributed by atoms with van der Waals surface area (Å²) in [5.74, 6) is -2.15. The van der Waals surface area contributed by atoms with E-state index in [-0.39, 0.29) is 52.7 Å². The molecule has 0 bridgehead atoms. The van der Waals surface area contributed by atoms with Crippen molar-refractivity contribution in [2.75, 3.05) is 5.75 Å². The number of hydrogen-bond acceptors (Lipinski definition) is 4. The molecule has 4 unspecified atom stereocenters. The highest BCUT2D eigenvalue weighted by atomic mass is 35.5. The Morgan fingerprint density at radius 2 is 1.67 bits per heavy atom. The van der Waals surface area contributed by atoms with Gasteiger partial charge in [-0.2, -0.15) is 0 Å². The highest BCUT2D eigenvalue weighted by molar-refractivity contribution is 7.91. The van der Waals surface area contributed by atoms with E-state index >= 15 is 0 Å². The maximum absolute atomic E-state index is 14.8. The Labute approximate surface area is 261 Å². The molecule has 2 aliphatic rings. The summed E-state index contributed by atoms with van der Waals surface area (Å²) in [6.45, 7) is 1.82. The third-order valence-corrected chi connectivity index (χ3v) is 11.5. The van der Waals surface area contributed by atoms with Crippen molar-refractivity contribution >= 4 is 56.5 Å². The zero-order chi connectivity index (χ0) is 30.2. The van der Waals surface area contributed by atoms with Crippen LogP contribution in [0, 0.1) is 11.3 Å². The van der Waals surface area contributed by atoms with E-state index < -0.39 is 33.3 Å². The molecule has 42 heavy (non-hydrogen) atoms. The van der Waals surface area contributed by atoms with E-state index in [1.54, 1.807) is 35.2 Å². The number of nitrogens with zero attached hydrogens (tertiary/aromatic N) is 1. The molecule has 1 saturated carbocycles. The van der Waals surface area contributed by atoms with E-state index in [1.165, 1.54) is 12.1 Å². The van der Waals surface area contributed by atoms with E-state index in [0.717, 1.165) is 24.0 Å². The first-order valence-corrected chi connectivity index (χ1v) is 16.8.